The molecular weight excluding hydrogens is 262 g/mol. The smallest absolute Gasteiger partial charge is 0.318 e. The zero-order valence-electron chi connectivity index (χ0n) is 10.8. The molecule has 0 atom stereocenters. The van der Waals surface area contributed by atoms with Gasteiger partial charge in [0.1, 0.15) is 6.54 Å². The highest BCUT2D eigenvalue weighted by molar-refractivity contribution is 7.89. The molecule has 0 saturated carbocycles. The van der Waals surface area contributed by atoms with Crippen LogP contribution in [0.5, 0.6) is 0 Å². The van der Waals surface area contributed by atoms with E-state index < -0.39 is 22.5 Å². The van der Waals surface area contributed by atoms with Crippen molar-refractivity contribution in [3.63, 3.8) is 0 Å². The van der Waals surface area contributed by atoms with Crippen LogP contribution in [0.15, 0.2) is 0 Å². The number of hydrogen-bond acceptors (Lipinski definition) is 5. The number of hydrogen-bond donors (Lipinski definition) is 1. The molecule has 0 unspecified atom stereocenters. The standard InChI is InChI=1S/C10H21NO6S/c1-3-4-11(9-10(12)13)18(14,15)8-7-17-6-5-16-2/h3-9H2,1-2H3,(H,12,13). The summed E-state index contributed by atoms with van der Waals surface area (Å²) in [5.74, 6) is -1.38. The number of sulfonamides is 1. The van der Waals surface area contributed by atoms with E-state index in [2.05, 4.69) is 0 Å². The molecule has 0 fully saturated rings. The predicted molar refractivity (Wildman–Crippen MR) is 66.0 cm³/mol. The summed E-state index contributed by atoms with van der Waals surface area (Å²) in [4.78, 5) is 10.6. The number of ether oxygens (including phenoxy) is 2. The van der Waals surface area contributed by atoms with Gasteiger partial charge in [-0.05, 0) is 6.42 Å². The van der Waals surface area contributed by atoms with Gasteiger partial charge in [0.2, 0.25) is 10.0 Å². The van der Waals surface area contributed by atoms with Gasteiger partial charge in [-0.3, -0.25) is 4.79 Å². The van der Waals surface area contributed by atoms with Crippen LogP contribution in [0.1, 0.15) is 13.3 Å². The number of carbonyl (C=O) groups is 1. The maximum atomic E-state index is 11.8. The Morgan fingerprint density at radius 2 is 1.94 bits per heavy atom. The van der Waals surface area contributed by atoms with E-state index in [0.29, 0.717) is 19.6 Å². The topological polar surface area (TPSA) is 93.1 Å². The quantitative estimate of drug-likeness (QED) is 0.527. The van der Waals surface area contributed by atoms with Gasteiger partial charge in [0.05, 0.1) is 25.6 Å². The molecule has 0 bridgehead atoms. The molecule has 0 aliphatic heterocycles. The van der Waals surface area contributed by atoms with Crippen LogP contribution in [-0.2, 0) is 24.3 Å². The molecule has 0 aliphatic rings. The summed E-state index contributed by atoms with van der Waals surface area (Å²) in [5.41, 5.74) is 0. The van der Waals surface area contributed by atoms with Crippen LogP contribution in [0.3, 0.4) is 0 Å². The molecule has 0 aromatic heterocycles. The van der Waals surface area contributed by atoms with E-state index in [0.717, 1.165) is 4.31 Å². The van der Waals surface area contributed by atoms with E-state index in [1.165, 1.54) is 7.11 Å². The summed E-state index contributed by atoms with van der Waals surface area (Å²) in [5, 5.41) is 8.66. The van der Waals surface area contributed by atoms with Crippen LogP contribution in [0, 0.1) is 0 Å². The summed E-state index contributed by atoms with van der Waals surface area (Å²) in [6, 6.07) is 0. The van der Waals surface area contributed by atoms with Gasteiger partial charge < -0.3 is 14.6 Å². The molecule has 0 amide bonds. The third-order valence-corrected chi connectivity index (χ3v) is 3.88. The van der Waals surface area contributed by atoms with Gasteiger partial charge >= 0.3 is 5.97 Å². The van der Waals surface area contributed by atoms with Crippen molar-refractivity contribution in [2.45, 2.75) is 13.3 Å². The summed E-state index contributed by atoms with van der Waals surface area (Å²) < 4.78 is 34.5. The van der Waals surface area contributed by atoms with Crippen LogP contribution < -0.4 is 0 Å². The normalized spacial score (nSPS) is 11.9. The highest BCUT2D eigenvalue weighted by Crippen LogP contribution is 2.03. The van der Waals surface area contributed by atoms with Crippen molar-refractivity contribution in [3.8, 4) is 0 Å². The van der Waals surface area contributed by atoms with Crippen molar-refractivity contribution in [3.05, 3.63) is 0 Å². The molecular formula is C10H21NO6S. The van der Waals surface area contributed by atoms with Crippen molar-refractivity contribution in [1.82, 2.24) is 4.31 Å². The van der Waals surface area contributed by atoms with E-state index in [4.69, 9.17) is 14.6 Å². The van der Waals surface area contributed by atoms with Gasteiger partial charge in [0.15, 0.2) is 0 Å². The Morgan fingerprint density at radius 1 is 1.28 bits per heavy atom. The van der Waals surface area contributed by atoms with Gasteiger partial charge in [-0.15, -0.1) is 0 Å². The molecule has 8 heteroatoms. The minimum atomic E-state index is -3.58. The fraction of sp³-hybridized carbons (Fsp3) is 0.900. The number of rotatable bonds is 11. The van der Waals surface area contributed by atoms with Crippen LogP contribution in [0.4, 0.5) is 0 Å². The lowest BCUT2D eigenvalue weighted by Gasteiger charge is -2.19. The molecule has 0 radical (unpaired) electrons. The second-order valence-corrected chi connectivity index (χ2v) is 5.74. The van der Waals surface area contributed by atoms with E-state index in [1.807, 2.05) is 0 Å². The first-order chi connectivity index (χ1) is 8.44. The number of aliphatic carboxylic acids is 1. The third kappa shape index (κ3) is 7.59. The fourth-order valence-corrected chi connectivity index (χ4v) is 2.61. The summed E-state index contributed by atoms with van der Waals surface area (Å²) in [7, 11) is -2.06. The van der Waals surface area contributed by atoms with Gasteiger partial charge in [-0.1, -0.05) is 6.92 Å². The summed E-state index contributed by atoms with van der Waals surface area (Å²) in [6.07, 6.45) is 0.567. The molecule has 0 heterocycles. The Labute approximate surface area is 108 Å². The first-order valence-corrected chi connectivity index (χ1v) is 7.31. The Morgan fingerprint density at radius 3 is 2.44 bits per heavy atom. The van der Waals surface area contributed by atoms with E-state index in [1.54, 1.807) is 6.92 Å². The summed E-state index contributed by atoms with van der Waals surface area (Å²) in [6.45, 7) is 2.23. The Balaban J connectivity index is 4.23. The average Bonchev–Trinajstić information content (AvgIpc) is 2.27. The maximum Gasteiger partial charge on any atom is 0.318 e. The van der Waals surface area contributed by atoms with Crippen LogP contribution >= 0.6 is 0 Å². The Bertz CT molecular complexity index is 329. The second kappa shape index (κ2) is 9.26. The highest BCUT2D eigenvalue weighted by atomic mass is 32.2. The highest BCUT2D eigenvalue weighted by Gasteiger charge is 2.23. The van der Waals surface area contributed by atoms with Gasteiger partial charge in [0, 0.05) is 13.7 Å². The van der Waals surface area contributed by atoms with Crippen LogP contribution in [0.2, 0.25) is 0 Å². The first-order valence-electron chi connectivity index (χ1n) is 5.70. The lowest BCUT2D eigenvalue weighted by atomic mass is 10.5. The molecule has 7 nitrogen and oxygen atoms in total. The summed E-state index contributed by atoms with van der Waals surface area (Å²) >= 11 is 0. The van der Waals surface area contributed by atoms with E-state index >= 15 is 0 Å². The zero-order valence-corrected chi connectivity index (χ0v) is 11.6. The number of carboxylic acid groups (broad SMARTS) is 1. The van der Waals surface area contributed by atoms with Gasteiger partial charge in [-0.25, -0.2) is 8.42 Å². The van der Waals surface area contributed by atoms with Crippen molar-refractivity contribution < 1.29 is 27.8 Å². The molecule has 108 valence electrons. The second-order valence-electron chi connectivity index (χ2n) is 3.65. The van der Waals surface area contributed by atoms with Crippen molar-refractivity contribution in [2.24, 2.45) is 0 Å². The molecule has 0 aromatic rings. The number of carboxylic acids is 1. The molecule has 1 N–H and O–H groups in total. The van der Waals surface area contributed by atoms with Crippen LogP contribution in [0.25, 0.3) is 0 Å². The van der Waals surface area contributed by atoms with Crippen molar-refractivity contribution in [1.29, 1.82) is 0 Å². The molecule has 0 aliphatic carbocycles. The molecule has 0 aromatic carbocycles. The third-order valence-electron chi connectivity index (χ3n) is 2.10. The molecule has 18 heavy (non-hydrogen) atoms. The van der Waals surface area contributed by atoms with Gasteiger partial charge in [0.25, 0.3) is 0 Å². The van der Waals surface area contributed by atoms with E-state index in [9.17, 15) is 13.2 Å². The molecule has 0 spiro atoms. The first kappa shape index (κ1) is 17.3. The molecule has 0 rings (SSSR count). The average molecular weight is 283 g/mol. The minimum absolute atomic E-state index is 0.0333. The fourth-order valence-electron chi connectivity index (χ4n) is 1.25. The lowest BCUT2D eigenvalue weighted by molar-refractivity contribution is -0.137. The number of methoxy groups -OCH3 is 1. The zero-order chi connectivity index (χ0) is 14.0. The number of nitrogens with zero attached hydrogens (tertiary/aromatic N) is 1. The van der Waals surface area contributed by atoms with Crippen LogP contribution in [-0.4, -0.2) is 69.6 Å². The van der Waals surface area contributed by atoms with Gasteiger partial charge in [-0.2, -0.15) is 4.31 Å². The Kier molecular flexibility index (Phi) is 8.90. The maximum absolute atomic E-state index is 11.8. The van der Waals surface area contributed by atoms with Crippen molar-refractivity contribution in [2.75, 3.05) is 45.8 Å². The lowest BCUT2D eigenvalue weighted by Crippen LogP contribution is -2.38. The minimum Gasteiger partial charge on any atom is -0.480 e. The monoisotopic (exact) mass is 283 g/mol. The Hall–Kier alpha value is -0.700. The predicted octanol–water partition coefficient (Wildman–Crippen LogP) is -0.224. The molecule has 0 saturated heterocycles. The van der Waals surface area contributed by atoms with Crippen molar-refractivity contribution >= 4 is 16.0 Å². The van der Waals surface area contributed by atoms with E-state index in [-0.39, 0.29) is 18.9 Å². The largest absolute Gasteiger partial charge is 0.480 e. The SMILES string of the molecule is CCCN(CC(=O)O)S(=O)(=O)CCOCCOC.